The van der Waals surface area contributed by atoms with Gasteiger partial charge in [0, 0.05) is 6.54 Å². The number of carboxylic acid groups (broad SMARTS) is 1. The number of carboxylic acids is 1. The minimum Gasteiger partial charge on any atom is -0.480 e. The highest BCUT2D eigenvalue weighted by Gasteiger charge is 2.33. The van der Waals surface area contributed by atoms with Gasteiger partial charge in [-0.1, -0.05) is 6.92 Å². The minimum atomic E-state index is -4.01. The Labute approximate surface area is 87.9 Å². The molecule has 0 aliphatic carbocycles. The maximum Gasteiger partial charge on any atom is 0.323 e. The van der Waals surface area contributed by atoms with E-state index in [9.17, 15) is 18.0 Å². The quantitative estimate of drug-likeness (QED) is 0.589. The number of rotatable bonds is 6. The third kappa shape index (κ3) is 3.48. The molecule has 0 aliphatic rings. The van der Waals surface area contributed by atoms with E-state index < -0.39 is 33.7 Å². The van der Waals surface area contributed by atoms with Gasteiger partial charge in [0.1, 0.15) is 0 Å². The van der Waals surface area contributed by atoms with Gasteiger partial charge in [0.05, 0.1) is 6.54 Å². The summed E-state index contributed by atoms with van der Waals surface area (Å²) in [6.07, 6.45) is 0. The van der Waals surface area contributed by atoms with Crippen LogP contribution < -0.4 is 5.73 Å². The molecular formula is C7H14N2O5S. The topological polar surface area (TPSA) is 118 Å². The first-order valence-electron chi connectivity index (χ1n) is 4.23. The largest absolute Gasteiger partial charge is 0.480 e. The van der Waals surface area contributed by atoms with Gasteiger partial charge in [0.25, 0.3) is 0 Å². The molecule has 0 saturated carbocycles. The van der Waals surface area contributed by atoms with E-state index in [0.717, 1.165) is 11.2 Å². The van der Waals surface area contributed by atoms with Gasteiger partial charge in [-0.25, -0.2) is 8.42 Å². The number of nitrogens with two attached hydrogens (primary N) is 1. The van der Waals surface area contributed by atoms with Crippen LogP contribution in [0.15, 0.2) is 0 Å². The Morgan fingerprint density at radius 1 is 1.47 bits per heavy atom. The second-order valence-corrected chi connectivity index (χ2v) is 5.17. The molecule has 0 heterocycles. The number of aliphatic carboxylic acids is 1. The lowest BCUT2D eigenvalue weighted by Gasteiger charge is -2.20. The van der Waals surface area contributed by atoms with Crippen LogP contribution in [0.1, 0.15) is 13.8 Å². The Balaban J connectivity index is 4.97. The van der Waals surface area contributed by atoms with Gasteiger partial charge in [0.2, 0.25) is 15.9 Å². The molecule has 0 radical (unpaired) electrons. The molecule has 1 amide bonds. The third-order valence-electron chi connectivity index (χ3n) is 1.84. The number of amides is 1. The van der Waals surface area contributed by atoms with Crippen molar-refractivity contribution < 1.29 is 23.1 Å². The highest BCUT2D eigenvalue weighted by Crippen LogP contribution is 2.08. The van der Waals surface area contributed by atoms with E-state index in [0.29, 0.717) is 0 Å². The van der Waals surface area contributed by atoms with Crippen LogP contribution in [0.25, 0.3) is 0 Å². The molecule has 0 saturated heterocycles. The summed E-state index contributed by atoms with van der Waals surface area (Å²) in [5.41, 5.74) is 4.85. The maximum atomic E-state index is 11.6. The van der Waals surface area contributed by atoms with Crippen LogP contribution in [0.4, 0.5) is 0 Å². The molecule has 7 nitrogen and oxygen atoms in total. The Bertz CT molecular complexity index is 350. The first kappa shape index (κ1) is 13.8. The summed E-state index contributed by atoms with van der Waals surface area (Å²) in [7, 11) is -4.01. The molecule has 0 bridgehead atoms. The zero-order valence-corrected chi connectivity index (χ0v) is 9.32. The van der Waals surface area contributed by atoms with Gasteiger partial charge in [-0.05, 0) is 6.92 Å². The zero-order valence-electron chi connectivity index (χ0n) is 8.50. The van der Waals surface area contributed by atoms with Gasteiger partial charge >= 0.3 is 5.97 Å². The van der Waals surface area contributed by atoms with Crippen LogP contribution in [0.2, 0.25) is 0 Å². The molecule has 8 heteroatoms. The molecule has 0 fully saturated rings. The van der Waals surface area contributed by atoms with E-state index in [1.54, 1.807) is 0 Å². The van der Waals surface area contributed by atoms with Crippen molar-refractivity contribution in [3.63, 3.8) is 0 Å². The first-order chi connectivity index (χ1) is 6.73. The predicted octanol–water partition coefficient (Wildman–Crippen LogP) is -1.40. The van der Waals surface area contributed by atoms with Crippen LogP contribution in [0.5, 0.6) is 0 Å². The van der Waals surface area contributed by atoms with E-state index in [2.05, 4.69) is 0 Å². The Kier molecular flexibility index (Phi) is 4.69. The maximum absolute atomic E-state index is 11.6. The average Bonchev–Trinajstić information content (AvgIpc) is 2.11. The fourth-order valence-corrected chi connectivity index (χ4v) is 2.28. The smallest absolute Gasteiger partial charge is 0.323 e. The molecule has 1 unspecified atom stereocenters. The fraction of sp³-hybridized carbons (Fsp3) is 0.714. The molecule has 1 atom stereocenters. The number of hydrogen-bond donors (Lipinski definition) is 2. The van der Waals surface area contributed by atoms with Crippen molar-refractivity contribution in [2.45, 2.75) is 19.1 Å². The number of carbonyl (C=O) groups is 2. The first-order valence-corrected chi connectivity index (χ1v) is 5.73. The summed E-state index contributed by atoms with van der Waals surface area (Å²) in [6.45, 7) is 2.04. The molecule has 0 rings (SSSR count). The number of nitrogens with zero attached hydrogens (tertiary/aromatic N) is 1. The van der Waals surface area contributed by atoms with Crippen molar-refractivity contribution in [1.29, 1.82) is 0 Å². The van der Waals surface area contributed by atoms with Crippen molar-refractivity contribution in [2.75, 3.05) is 13.1 Å². The van der Waals surface area contributed by atoms with Gasteiger partial charge in [0.15, 0.2) is 5.25 Å². The number of primary amides is 1. The fourth-order valence-electron chi connectivity index (χ4n) is 0.907. The van der Waals surface area contributed by atoms with Crippen molar-refractivity contribution >= 4 is 21.9 Å². The Morgan fingerprint density at radius 3 is 2.20 bits per heavy atom. The van der Waals surface area contributed by atoms with Gasteiger partial charge in [-0.15, -0.1) is 0 Å². The van der Waals surface area contributed by atoms with Gasteiger partial charge in [-0.3, -0.25) is 9.59 Å². The summed E-state index contributed by atoms with van der Waals surface area (Å²) < 4.78 is 23.9. The molecule has 0 aliphatic heterocycles. The zero-order chi connectivity index (χ0) is 12.2. The second-order valence-electron chi connectivity index (χ2n) is 2.92. The summed E-state index contributed by atoms with van der Waals surface area (Å²) in [6, 6.07) is 0. The molecule has 0 spiro atoms. The van der Waals surface area contributed by atoms with Crippen LogP contribution in [0.3, 0.4) is 0 Å². The van der Waals surface area contributed by atoms with Crippen LogP contribution in [-0.2, 0) is 19.6 Å². The van der Waals surface area contributed by atoms with Crippen LogP contribution >= 0.6 is 0 Å². The van der Waals surface area contributed by atoms with Crippen LogP contribution in [-0.4, -0.2) is 48.0 Å². The normalized spacial score (nSPS) is 13.8. The predicted molar refractivity (Wildman–Crippen MR) is 52.5 cm³/mol. The number of carbonyl (C=O) groups excluding carboxylic acids is 1. The van der Waals surface area contributed by atoms with Crippen molar-refractivity contribution in [2.24, 2.45) is 5.73 Å². The number of likely N-dealkylation sites (N-methyl/N-ethyl adjacent to an activating group) is 1. The molecule has 3 N–H and O–H groups in total. The minimum absolute atomic E-state index is 0.00287. The van der Waals surface area contributed by atoms with Crippen molar-refractivity contribution in [1.82, 2.24) is 4.31 Å². The van der Waals surface area contributed by atoms with Gasteiger partial charge in [-0.2, -0.15) is 4.31 Å². The average molecular weight is 238 g/mol. The number of hydrogen-bond acceptors (Lipinski definition) is 4. The lowest BCUT2D eigenvalue weighted by Crippen LogP contribution is -2.44. The van der Waals surface area contributed by atoms with E-state index in [-0.39, 0.29) is 6.54 Å². The molecule has 88 valence electrons. The van der Waals surface area contributed by atoms with E-state index in [4.69, 9.17) is 10.8 Å². The SMILES string of the molecule is CCN(CC(N)=O)S(=O)(=O)C(C)C(=O)O. The lowest BCUT2D eigenvalue weighted by atomic mass is 10.5. The summed E-state index contributed by atoms with van der Waals surface area (Å²) in [4.78, 5) is 21.1. The summed E-state index contributed by atoms with van der Waals surface area (Å²) in [5, 5.41) is 6.99. The Hall–Kier alpha value is -1.15. The molecule has 15 heavy (non-hydrogen) atoms. The van der Waals surface area contributed by atoms with E-state index in [1.165, 1.54) is 6.92 Å². The summed E-state index contributed by atoms with van der Waals surface area (Å²) >= 11 is 0. The lowest BCUT2D eigenvalue weighted by molar-refractivity contribution is -0.136. The highest BCUT2D eigenvalue weighted by molar-refractivity contribution is 7.90. The van der Waals surface area contributed by atoms with Crippen molar-refractivity contribution in [3.8, 4) is 0 Å². The standard InChI is InChI=1S/C7H14N2O5S/c1-3-9(4-6(8)10)15(13,14)5(2)7(11)12/h5H,3-4H2,1-2H3,(H2,8,10)(H,11,12). The van der Waals surface area contributed by atoms with Crippen LogP contribution in [0, 0.1) is 0 Å². The third-order valence-corrected chi connectivity index (χ3v) is 4.04. The van der Waals surface area contributed by atoms with Gasteiger partial charge < -0.3 is 10.8 Å². The monoisotopic (exact) mass is 238 g/mol. The molecule has 0 aromatic carbocycles. The molecular weight excluding hydrogens is 224 g/mol. The second kappa shape index (κ2) is 5.08. The number of sulfonamides is 1. The summed E-state index contributed by atoms with van der Waals surface area (Å²) in [5.74, 6) is -2.28. The molecule has 0 aromatic rings. The molecule has 0 aromatic heterocycles. The van der Waals surface area contributed by atoms with E-state index >= 15 is 0 Å². The Morgan fingerprint density at radius 2 is 1.93 bits per heavy atom. The van der Waals surface area contributed by atoms with Crippen molar-refractivity contribution in [3.05, 3.63) is 0 Å². The van der Waals surface area contributed by atoms with E-state index in [1.807, 2.05) is 0 Å². The highest BCUT2D eigenvalue weighted by atomic mass is 32.2.